The lowest BCUT2D eigenvalue weighted by molar-refractivity contribution is -0.126. The van der Waals surface area contributed by atoms with Crippen molar-refractivity contribution in [1.29, 1.82) is 0 Å². The Morgan fingerprint density at radius 2 is 1.70 bits per heavy atom. The molecule has 2 aliphatic rings. The standard InChI is InChI=1S/C19H27N7O/c27-19(24-16-5-3-1-2-4-6-16)15-7-9-25(10-8-15)17-11-18(22-13-21-17)26-14-20-12-23-26/h11-16H,1-10H2,(H,24,27). The van der Waals surface area contributed by atoms with Crippen molar-refractivity contribution < 1.29 is 4.79 Å². The summed E-state index contributed by atoms with van der Waals surface area (Å²) in [5.41, 5.74) is 0. The molecule has 2 fully saturated rings. The molecule has 0 radical (unpaired) electrons. The number of carbonyl (C=O) groups is 1. The predicted molar refractivity (Wildman–Crippen MR) is 102 cm³/mol. The number of hydrogen-bond donors (Lipinski definition) is 1. The third-order valence-corrected chi connectivity index (χ3v) is 5.68. The monoisotopic (exact) mass is 369 g/mol. The fourth-order valence-electron chi connectivity index (χ4n) is 4.08. The number of amides is 1. The van der Waals surface area contributed by atoms with Gasteiger partial charge in [-0.25, -0.2) is 19.6 Å². The van der Waals surface area contributed by atoms with Gasteiger partial charge < -0.3 is 10.2 Å². The highest BCUT2D eigenvalue weighted by Crippen LogP contribution is 2.24. The van der Waals surface area contributed by atoms with E-state index in [9.17, 15) is 4.79 Å². The molecule has 0 unspecified atom stereocenters. The van der Waals surface area contributed by atoms with Crippen LogP contribution in [0.2, 0.25) is 0 Å². The Bertz CT molecular complexity index is 732. The Balaban J connectivity index is 1.32. The van der Waals surface area contributed by atoms with Crippen molar-refractivity contribution in [3.63, 3.8) is 0 Å². The molecule has 1 saturated heterocycles. The van der Waals surface area contributed by atoms with Crippen LogP contribution in [0.5, 0.6) is 0 Å². The van der Waals surface area contributed by atoms with Gasteiger partial charge in [0.1, 0.15) is 24.8 Å². The van der Waals surface area contributed by atoms with E-state index in [1.807, 2.05) is 6.07 Å². The third-order valence-electron chi connectivity index (χ3n) is 5.68. The summed E-state index contributed by atoms with van der Waals surface area (Å²) in [6.45, 7) is 1.66. The van der Waals surface area contributed by atoms with Gasteiger partial charge in [-0.15, -0.1) is 0 Å². The van der Waals surface area contributed by atoms with E-state index in [-0.39, 0.29) is 11.8 Å². The number of nitrogens with one attached hydrogen (secondary N) is 1. The molecule has 144 valence electrons. The van der Waals surface area contributed by atoms with Crippen LogP contribution >= 0.6 is 0 Å². The topological polar surface area (TPSA) is 88.8 Å². The van der Waals surface area contributed by atoms with Gasteiger partial charge in [-0.05, 0) is 25.7 Å². The first-order valence-corrected chi connectivity index (χ1v) is 10.0. The highest BCUT2D eigenvalue weighted by molar-refractivity contribution is 5.79. The first kappa shape index (κ1) is 17.9. The zero-order valence-electron chi connectivity index (χ0n) is 15.6. The smallest absolute Gasteiger partial charge is 0.223 e. The summed E-state index contributed by atoms with van der Waals surface area (Å²) in [4.78, 5) is 27.5. The van der Waals surface area contributed by atoms with E-state index in [0.717, 1.165) is 44.6 Å². The van der Waals surface area contributed by atoms with Gasteiger partial charge in [0.05, 0.1) is 0 Å². The number of nitrogens with zero attached hydrogens (tertiary/aromatic N) is 6. The van der Waals surface area contributed by atoms with Gasteiger partial charge in [-0.3, -0.25) is 4.79 Å². The molecule has 2 aromatic heterocycles. The summed E-state index contributed by atoms with van der Waals surface area (Å²) in [6.07, 6.45) is 13.8. The van der Waals surface area contributed by atoms with E-state index < -0.39 is 0 Å². The molecule has 0 aromatic carbocycles. The Morgan fingerprint density at radius 3 is 2.41 bits per heavy atom. The number of carbonyl (C=O) groups excluding carboxylic acids is 1. The Morgan fingerprint density at radius 1 is 0.963 bits per heavy atom. The van der Waals surface area contributed by atoms with Crippen molar-refractivity contribution in [3.05, 3.63) is 25.0 Å². The number of rotatable bonds is 4. The van der Waals surface area contributed by atoms with Crippen LogP contribution in [0.3, 0.4) is 0 Å². The quantitative estimate of drug-likeness (QED) is 0.831. The van der Waals surface area contributed by atoms with Crippen molar-refractivity contribution in [3.8, 4) is 5.82 Å². The van der Waals surface area contributed by atoms with Crippen molar-refractivity contribution >= 4 is 11.7 Å². The Labute approximate surface area is 159 Å². The summed E-state index contributed by atoms with van der Waals surface area (Å²) in [7, 11) is 0. The maximum atomic E-state index is 12.7. The number of aromatic nitrogens is 5. The molecule has 8 heteroatoms. The van der Waals surface area contributed by atoms with Crippen molar-refractivity contribution in [2.45, 2.75) is 57.4 Å². The molecule has 1 aliphatic heterocycles. The summed E-state index contributed by atoms with van der Waals surface area (Å²) in [6, 6.07) is 2.30. The molecular formula is C19H27N7O. The van der Waals surface area contributed by atoms with Crippen molar-refractivity contribution in [1.82, 2.24) is 30.0 Å². The molecule has 3 heterocycles. The van der Waals surface area contributed by atoms with Crippen LogP contribution in [0.1, 0.15) is 51.4 Å². The van der Waals surface area contributed by atoms with Gasteiger partial charge in [-0.2, -0.15) is 5.10 Å². The normalized spacial score (nSPS) is 19.6. The minimum Gasteiger partial charge on any atom is -0.356 e. The average Bonchev–Trinajstić information content (AvgIpc) is 3.14. The minimum atomic E-state index is 0.112. The molecule has 8 nitrogen and oxygen atoms in total. The fraction of sp³-hybridized carbons (Fsp3) is 0.632. The number of anilines is 1. The minimum absolute atomic E-state index is 0.112. The van der Waals surface area contributed by atoms with Gasteiger partial charge in [0.15, 0.2) is 5.82 Å². The zero-order chi connectivity index (χ0) is 18.5. The molecule has 0 spiro atoms. The zero-order valence-corrected chi connectivity index (χ0v) is 15.6. The van der Waals surface area contributed by atoms with Crippen molar-refractivity contribution in [2.75, 3.05) is 18.0 Å². The Hall–Kier alpha value is -2.51. The van der Waals surface area contributed by atoms with Gasteiger partial charge >= 0.3 is 0 Å². The van der Waals surface area contributed by atoms with E-state index in [1.165, 1.54) is 32.0 Å². The molecule has 1 saturated carbocycles. The lowest BCUT2D eigenvalue weighted by atomic mass is 9.95. The SMILES string of the molecule is O=C(NC1CCCCCC1)C1CCN(c2cc(-n3cncn3)ncn2)CC1. The maximum Gasteiger partial charge on any atom is 0.223 e. The fourth-order valence-corrected chi connectivity index (χ4v) is 4.08. The van der Waals surface area contributed by atoms with Crippen LogP contribution in [-0.4, -0.2) is 49.8 Å². The molecular weight excluding hydrogens is 342 g/mol. The van der Waals surface area contributed by atoms with Gasteiger partial charge in [0.2, 0.25) is 5.91 Å². The summed E-state index contributed by atoms with van der Waals surface area (Å²) < 4.78 is 1.62. The van der Waals surface area contributed by atoms with Crippen LogP contribution < -0.4 is 10.2 Å². The second-order valence-corrected chi connectivity index (χ2v) is 7.53. The lowest BCUT2D eigenvalue weighted by Crippen LogP contribution is -2.44. The average molecular weight is 369 g/mol. The van der Waals surface area contributed by atoms with E-state index in [1.54, 1.807) is 17.3 Å². The van der Waals surface area contributed by atoms with Gasteiger partial charge in [0.25, 0.3) is 0 Å². The first-order chi connectivity index (χ1) is 13.3. The molecule has 0 bridgehead atoms. The van der Waals surface area contributed by atoms with E-state index in [0.29, 0.717) is 11.9 Å². The summed E-state index contributed by atoms with van der Waals surface area (Å²) >= 11 is 0. The molecule has 4 rings (SSSR count). The first-order valence-electron chi connectivity index (χ1n) is 10.0. The van der Waals surface area contributed by atoms with Crippen molar-refractivity contribution in [2.24, 2.45) is 5.92 Å². The van der Waals surface area contributed by atoms with E-state index in [2.05, 4.69) is 30.3 Å². The van der Waals surface area contributed by atoms with E-state index in [4.69, 9.17) is 0 Å². The second kappa shape index (κ2) is 8.45. The second-order valence-electron chi connectivity index (χ2n) is 7.53. The van der Waals surface area contributed by atoms with Crippen LogP contribution in [0.25, 0.3) is 5.82 Å². The van der Waals surface area contributed by atoms with Crippen LogP contribution in [0.15, 0.2) is 25.0 Å². The highest BCUT2D eigenvalue weighted by Gasteiger charge is 2.27. The summed E-state index contributed by atoms with van der Waals surface area (Å²) in [5.74, 6) is 1.93. The van der Waals surface area contributed by atoms with Crippen LogP contribution in [0, 0.1) is 5.92 Å². The molecule has 1 amide bonds. The van der Waals surface area contributed by atoms with Crippen LogP contribution in [-0.2, 0) is 4.79 Å². The Kier molecular flexibility index (Phi) is 5.60. The van der Waals surface area contributed by atoms with Crippen LogP contribution in [0.4, 0.5) is 5.82 Å². The lowest BCUT2D eigenvalue weighted by Gasteiger charge is -2.33. The molecule has 1 aliphatic carbocycles. The predicted octanol–water partition coefficient (Wildman–Crippen LogP) is 2.11. The third kappa shape index (κ3) is 4.43. The molecule has 0 atom stereocenters. The highest BCUT2D eigenvalue weighted by atomic mass is 16.1. The summed E-state index contributed by atoms with van der Waals surface area (Å²) in [5, 5.41) is 7.42. The number of hydrogen-bond acceptors (Lipinski definition) is 6. The van der Waals surface area contributed by atoms with E-state index >= 15 is 0 Å². The molecule has 27 heavy (non-hydrogen) atoms. The van der Waals surface area contributed by atoms with Gasteiger partial charge in [-0.1, -0.05) is 25.7 Å². The molecule has 1 N–H and O–H groups in total. The number of piperidine rings is 1. The van der Waals surface area contributed by atoms with Gasteiger partial charge in [0, 0.05) is 31.1 Å². The molecule has 2 aromatic rings. The largest absolute Gasteiger partial charge is 0.356 e. The maximum absolute atomic E-state index is 12.7.